The van der Waals surface area contributed by atoms with Gasteiger partial charge in [0.05, 0.1) is 17.2 Å². The minimum absolute atomic E-state index is 0.105. The van der Waals surface area contributed by atoms with Crippen LogP contribution in [0.3, 0.4) is 0 Å². The monoisotopic (exact) mass is 359 g/mol. The zero-order chi connectivity index (χ0) is 18.7. The van der Waals surface area contributed by atoms with Crippen LogP contribution in [0.5, 0.6) is 0 Å². The number of carbonyl (C=O) groups excluding carboxylic acids is 2. The van der Waals surface area contributed by atoms with Crippen LogP contribution in [-0.4, -0.2) is 39.9 Å². The van der Waals surface area contributed by atoms with Crippen molar-refractivity contribution in [2.75, 3.05) is 18.5 Å². The minimum Gasteiger partial charge on any atom is -0.448 e. The Bertz CT molecular complexity index is 876. The second-order valence-corrected chi connectivity index (χ2v) is 5.54. The summed E-state index contributed by atoms with van der Waals surface area (Å²) in [5.41, 5.74) is 0.914. The highest BCUT2D eigenvalue weighted by Crippen LogP contribution is 2.25. The van der Waals surface area contributed by atoms with Crippen LogP contribution in [0.4, 0.5) is 16.3 Å². The molecule has 10 heteroatoms. The van der Waals surface area contributed by atoms with Crippen molar-refractivity contribution < 1.29 is 19.2 Å². The van der Waals surface area contributed by atoms with Gasteiger partial charge in [-0.05, 0) is 13.0 Å². The van der Waals surface area contributed by atoms with Gasteiger partial charge in [0.2, 0.25) is 0 Å². The van der Waals surface area contributed by atoms with Gasteiger partial charge in [0.15, 0.2) is 0 Å². The van der Waals surface area contributed by atoms with Crippen molar-refractivity contribution >= 4 is 23.5 Å². The Hall–Kier alpha value is -3.27. The van der Waals surface area contributed by atoms with Crippen LogP contribution in [0.2, 0.25) is 0 Å². The highest BCUT2D eigenvalue weighted by atomic mass is 16.6. The first kappa shape index (κ1) is 17.5. The van der Waals surface area contributed by atoms with Crippen molar-refractivity contribution in [1.82, 2.24) is 15.1 Å². The van der Waals surface area contributed by atoms with Crippen LogP contribution in [-0.2, 0) is 17.7 Å². The molecule has 0 spiro atoms. The van der Waals surface area contributed by atoms with Gasteiger partial charge in [-0.2, -0.15) is 5.10 Å². The third-order valence-electron chi connectivity index (χ3n) is 3.93. The molecule has 136 valence electrons. The summed E-state index contributed by atoms with van der Waals surface area (Å²) < 4.78 is 5.97. The van der Waals surface area contributed by atoms with E-state index >= 15 is 0 Å². The summed E-state index contributed by atoms with van der Waals surface area (Å²) in [6, 6.07) is 5.60. The van der Waals surface area contributed by atoms with Gasteiger partial charge in [-0.1, -0.05) is 12.1 Å². The molecule has 0 radical (unpaired) electrons. The van der Waals surface area contributed by atoms with Gasteiger partial charge in [0.1, 0.15) is 11.4 Å². The zero-order valence-electron chi connectivity index (χ0n) is 14.0. The molecule has 3 rings (SSSR count). The van der Waals surface area contributed by atoms with E-state index in [-0.39, 0.29) is 23.7 Å². The van der Waals surface area contributed by atoms with Crippen LogP contribution >= 0.6 is 0 Å². The van der Waals surface area contributed by atoms with E-state index in [1.54, 1.807) is 6.92 Å². The Kier molecular flexibility index (Phi) is 4.94. The number of amides is 1. The molecule has 1 aliphatic heterocycles. The number of para-hydroxylation sites is 1. The second kappa shape index (κ2) is 7.31. The molecule has 10 nitrogen and oxygen atoms in total. The van der Waals surface area contributed by atoms with Gasteiger partial charge in [-0.15, -0.1) is 4.68 Å². The van der Waals surface area contributed by atoms with E-state index in [2.05, 4.69) is 15.7 Å². The maximum atomic E-state index is 12.6. The van der Waals surface area contributed by atoms with Crippen molar-refractivity contribution in [3.05, 3.63) is 51.2 Å². The summed E-state index contributed by atoms with van der Waals surface area (Å²) >= 11 is 0. The summed E-state index contributed by atoms with van der Waals surface area (Å²) in [7, 11) is 0. The number of carbonyl (C=O) groups is 2. The Morgan fingerprint density at radius 1 is 1.42 bits per heavy atom. The highest BCUT2D eigenvalue weighted by Gasteiger charge is 2.27. The molecule has 0 bridgehead atoms. The van der Waals surface area contributed by atoms with Crippen LogP contribution < -0.4 is 10.6 Å². The maximum Gasteiger partial charge on any atom is 0.436 e. The van der Waals surface area contributed by atoms with Gasteiger partial charge < -0.3 is 15.4 Å². The molecule has 0 unspecified atom stereocenters. The fourth-order valence-corrected chi connectivity index (χ4v) is 2.75. The number of fused-ring (bicyclic) bond motifs is 1. The van der Waals surface area contributed by atoms with E-state index in [0.717, 1.165) is 4.68 Å². The van der Waals surface area contributed by atoms with Gasteiger partial charge in [0, 0.05) is 31.1 Å². The van der Waals surface area contributed by atoms with Gasteiger partial charge in [-0.3, -0.25) is 14.9 Å². The molecule has 0 fully saturated rings. The summed E-state index contributed by atoms with van der Waals surface area (Å²) in [5, 5.41) is 21.1. The molecule has 2 N–H and O–H groups in total. The smallest absolute Gasteiger partial charge is 0.436 e. The zero-order valence-corrected chi connectivity index (χ0v) is 14.0. The summed E-state index contributed by atoms with van der Waals surface area (Å²) in [4.78, 5) is 35.3. The standard InChI is InChI=1S/C16H17N5O5/c1-2-26-16(23)20-14(11-9-17-8-7-12(11)19-20)18-15(22)10-5-3-4-6-13(10)21(24)25/h3-6,17H,2,7-9H2,1H3,(H,18,22). The van der Waals surface area contributed by atoms with E-state index in [4.69, 9.17) is 4.74 Å². The highest BCUT2D eigenvalue weighted by molar-refractivity contribution is 6.07. The number of aromatic nitrogens is 2. The lowest BCUT2D eigenvalue weighted by Crippen LogP contribution is -2.25. The number of hydrogen-bond acceptors (Lipinski definition) is 7. The normalized spacial score (nSPS) is 13.0. The average Bonchev–Trinajstić information content (AvgIpc) is 3.00. The van der Waals surface area contributed by atoms with Crippen molar-refractivity contribution in [2.24, 2.45) is 0 Å². The Labute approximate surface area is 148 Å². The Morgan fingerprint density at radius 2 is 2.19 bits per heavy atom. The molecule has 2 aromatic rings. The average molecular weight is 359 g/mol. The molecule has 0 atom stereocenters. The first-order valence-electron chi connectivity index (χ1n) is 8.06. The molecule has 0 saturated carbocycles. The van der Waals surface area contributed by atoms with E-state index in [0.29, 0.717) is 30.8 Å². The first-order valence-corrected chi connectivity index (χ1v) is 8.06. The number of nitro benzene ring substituents is 1. The summed E-state index contributed by atoms with van der Waals surface area (Å²) in [5.74, 6) is -0.537. The van der Waals surface area contributed by atoms with E-state index in [1.807, 2.05) is 0 Å². The van der Waals surface area contributed by atoms with Crippen molar-refractivity contribution in [2.45, 2.75) is 19.9 Å². The second-order valence-electron chi connectivity index (χ2n) is 5.54. The van der Waals surface area contributed by atoms with E-state index < -0.39 is 16.9 Å². The van der Waals surface area contributed by atoms with Crippen LogP contribution in [0.15, 0.2) is 24.3 Å². The minimum atomic E-state index is -0.722. The lowest BCUT2D eigenvalue weighted by Gasteiger charge is -2.13. The SMILES string of the molecule is CCOC(=O)n1nc2c(c1NC(=O)c1ccccc1[N+](=O)[O-])CNCC2. The summed E-state index contributed by atoms with van der Waals surface area (Å²) in [6.45, 7) is 2.93. The lowest BCUT2D eigenvalue weighted by atomic mass is 10.1. The molecule has 1 aromatic heterocycles. The fourth-order valence-electron chi connectivity index (χ4n) is 2.75. The van der Waals surface area contributed by atoms with Crippen LogP contribution in [0.25, 0.3) is 0 Å². The van der Waals surface area contributed by atoms with Crippen LogP contribution in [0, 0.1) is 10.1 Å². The number of hydrogen-bond donors (Lipinski definition) is 2. The molecule has 0 saturated heterocycles. The Balaban J connectivity index is 1.99. The van der Waals surface area contributed by atoms with Gasteiger partial charge in [0.25, 0.3) is 11.6 Å². The Morgan fingerprint density at radius 3 is 2.92 bits per heavy atom. The number of ether oxygens (including phenoxy) is 1. The molecule has 1 aliphatic rings. The third-order valence-corrected chi connectivity index (χ3v) is 3.93. The topological polar surface area (TPSA) is 128 Å². The number of nitrogens with zero attached hydrogens (tertiary/aromatic N) is 3. The maximum absolute atomic E-state index is 12.6. The molecule has 1 amide bonds. The molecule has 1 aromatic carbocycles. The number of nitrogens with one attached hydrogen (secondary N) is 2. The van der Waals surface area contributed by atoms with Gasteiger partial charge in [-0.25, -0.2) is 4.79 Å². The predicted octanol–water partition coefficient (Wildman–Crippen LogP) is 1.69. The molecule has 0 aliphatic carbocycles. The van der Waals surface area contributed by atoms with Crippen LogP contribution in [0.1, 0.15) is 28.5 Å². The number of anilines is 1. The predicted molar refractivity (Wildman–Crippen MR) is 91.1 cm³/mol. The quantitative estimate of drug-likeness (QED) is 0.628. The van der Waals surface area contributed by atoms with Crippen molar-refractivity contribution in [1.29, 1.82) is 0 Å². The first-order chi connectivity index (χ1) is 12.5. The lowest BCUT2D eigenvalue weighted by molar-refractivity contribution is -0.385. The third kappa shape index (κ3) is 3.26. The van der Waals surface area contributed by atoms with E-state index in [1.165, 1.54) is 24.3 Å². The number of rotatable bonds is 4. The van der Waals surface area contributed by atoms with Crippen molar-refractivity contribution in [3.8, 4) is 0 Å². The number of benzene rings is 1. The molecular formula is C16H17N5O5. The fraction of sp³-hybridized carbons (Fsp3) is 0.312. The molecule has 26 heavy (non-hydrogen) atoms. The number of nitro groups is 1. The molecule has 2 heterocycles. The van der Waals surface area contributed by atoms with Gasteiger partial charge >= 0.3 is 6.09 Å². The molecular weight excluding hydrogens is 342 g/mol. The van der Waals surface area contributed by atoms with E-state index in [9.17, 15) is 19.7 Å². The summed E-state index contributed by atoms with van der Waals surface area (Å²) in [6.07, 6.45) is -0.129. The van der Waals surface area contributed by atoms with Crippen molar-refractivity contribution in [3.63, 3.8) is 0 Å². The largest absolute Gasteiger partial charge is 0.448 e.